The summed E-state index contributed by atoms with van der Waals surface area (Å²) in [5.41, 5.74) is 10.4. The second-order valence-corrected chi connectivity index (χ2v) is 6.46. The molecule has 2 heterocycles. The molecule has 0 aliphatic heterocycles. The molecule has 0 radical (unpaired) electrons. The van der Waals surface area contributed by atoms with E-state index in [1.807, 2.05) is 18.2 Å². The van der Waals surface area contributed by atoms with Gasteiger partial charge in [0.05, 0.1) is 26.9 Å². The van der Waals surface area contributed by atoms with Gasteiger partial charge in [0, 0.05) is 22.2 Å². The summed E-state index contributed by atoms with van der Waals surface area (Å²) in [4.78, 5) is 20.8. The van der Waals surface area contributed by atoms with Crippen molar-refractivity contribution in [1.82, 2.24) is 15.4 Å². The van der Waals surface area contributed by atoms with Gasteiger partial charge in [0.15, 0.2) is 0 Å². The molecule has 2 N–H and O–H groups in total. The maximum atomic E-state index is 12.3. The minimum absolute atomic E-state index is 0.218. The van der Waals surface area contributed by atoms with Crippen molar-refractivity contribution in [3.05, 3.63) is 64.8 Å². The Morgan fingerprint density at radius 2 is 1.96 bits per heavy atom. The molecule has 5 nitrogen and oxygen atoms in total. The zero-order valence-corrected chi connectivity index (χ0v) is 13.9. The standard InChI is InChI=1S/C17H11ClN4OS/c18-11-2-3-12-13(5-6-19-15(12)8-11)21-22-17(23)10-1-4-14-16(7-10)24-9-20-14/h1-9H,(H,19,21)(H,22,23). The van der Waals surface area contributed by atoms with Gasteiger partial charge in [-0.2, -0.15) is 0 Å². The van der Waals surface area contributed by atoms with E-state index in [9.17, 15) is 4.79 Å². The third-order valence-corrected chi connectivity index (χ3v) is 4.64. The van der Waals surface area contributed by atoms with Gasteiger partial charge in [-0.15, -0.1) is 11.3 Å². The Hall–Kier alpha value is -2.70. The monoisotopic (exact) mass is 354 g/mol. The predicted octanol–water partition coefficient (Wildman–Crippen LogP) is 4.25. The largest absolute Gasteiger partial charge is 0.298 e. The number of nitrogens with one attached hydrogen (secondary N) is 2. The maximum Gasteiger partial charge on any atom is 0.269 e. The number of amides is 1. The lowest BCUT2D eigenvalue weighted by molar-refractivity contribution is 0.0963. The summed E-state index contributed by atoms with van der Waals surface area (Å²) in [5.74, 6) is -0.218. The highest BCUT2D eigenvalue weighted by molar-refractivity contribution is 7.16. The zero-order valence-electron chi connectivity index (χ0n) is 12.3. The first-order valence-corrected chi connectivity index (χ1v) is 8.40. The van der Waals surface area contributed by atoms with Crippen LogP contribution in [0.15, 0.2) is 54.2 Å². The first-order chi connectivity index (χ1) is 11.7. The van der Waals surface area contributed by atoms with Gasteiger partial charge < -0.3 is 0 Å². The molecule has 7 heteroatoms. The number of hydrogen-bond acceptors (Lipinski definition) is 5. The fraction of sp³-hybridized carbons (Fsp3) is 0. The van der Waals surface area contributed by atoms with Crippen LogP contribution in [0.5, 0.6) is 0 Å². The van der Waals surface area contributed by atoms with E-state index < -0.39 is 0 Å². The predicted molar refractivity (Wildman–Crippen MR) is 97.5 cm³/mol. The molecule has 24 heavy (non-hydrogen) atoms. The summed E-state index contributed by atoms with van der Waals surface area (Å²) in [6.07, 6.45) is 1.66. The number of benzene rings is 2. The lowest BCUT2D eigenvalue weighted by atomic mass is 10.2. The van der Waals surface area contributed by atoms with Gasteiger partial charge in [0.2, 0.25) is 0 Å². The van der Waals surface area contributed by atoms with Gasteiger partial charge in [-0.05, 0) is 42.5 Å². The van der Waals surface area contributed by atoms with Crippen LogP contribution in [0.1, 0.15) is 10.4 Å². The lowest BCUT2D eigenvalue weighted by Crippen LogP contribution is -2.29. The van der Waals surface area contributed by atoms with Gasteiger partial charge in [0.1, 0.15) is 0 Å². The van der Waals surface area contributed by atoms with E-state index in [0.29, 0.717) is 10.6 Å². The van der Waals surface area contributed by atoms with Crippen LogP contribution < -0.4 is 10.9 Å². The Morgan fingerprint density at radius 3 is 2.88 bits per heavy atom. The zero-order chi connectivity index (χ0) is 16.5. The van der Waals surface area contributed by atoms with Gasteiger partial charge in [-0.1, -0.05) is 11.6 Å². The number of fused-ring (bicyclic) bond motifs is 2. The van der Waals surface area contributed by atoms with E-state index in [2.05, 4.69) is 20.8 Å². The van der Waals surface area contributed by atoms with Gasteiger partial charge in [-0.3, -0.25) is 20.6 Å². The summed E-state index contributed by atoms with van der Waals surface area (Å²) < 4.78 is 0.978. The fourth-order valence-electron chi connectivity index (χ4n) is 2.42. The number of carbonyl (C=O) groups excluding carboxylic acids is 1. The van der Waals surface area contributed by atoms with Crippen molar-refractivity contribution in [3.8, 4) is 0 Å². The van der Waals surface area contributed by atoms with E-state index in [4.69, 9.17) is 11.6 Å². The Labute approximate surface area is 146 Å². The van der Waals surface area contributed by atoms with E-state index in [1.54, 1.807) is 36.0 Å². The Kier molecular flexibility index (Phi) is 3.76. The number of anilines is 1. The molecule has 0 atom stereocenters. The van der Waals surface area contributed by atoms with Crippen molar-refractivity contribution in [1.29, 1.82) is 0 Å². The summed E-state index contributed by atoms with van der Waals surface area (Å²) in [6, 6.07) is 12.6. The van der Waals surface area contributed by atoms with Crippen molar-refractivity contribution >= 4 is 55.7 Å². The topological polar surface area (TPSA) is 66.9 Å². The second kappa shape index (κ2) is 6.07. The minimum Gasteiger partial charge on any atom is -0.298 e. The lowest BCUT2D eigenvalue weighted by Gasteiger charge is -2.11. The number of aromatic nitrogens is 2. The highest BCUT2D eigenvalue weighted by Crippen LogP contribution is 2.24. The van der Waals surface area contributed by atoms with Gasteiger partial charge >= 0.3 is 0 Å². The maximum absolute atomic E-state index is 12.3. The molecule has 4 rings (SSSR count). The molecule has 4 aromatic rings. The number of hydrogen-bond donors (Lipinski definition) is 2. The van der Waals surface area contributed by atoms with Crippen molar-refractivity contribution < 1.29 is 4.79 Å². The number of pyridine rings is 1. The van der Waals surface area contributed by atoms with E-state index in [0.717, 1.165) is 26.8 Å². The molecule has 0 unspecified atom stereocenters. The van der Waals surface area contributed by atoms with Crippen LogP contribution in [0.25, 0.3) is 21.1 Å². The third-order valence-electron chi connectivity index (χ3n) is 3.61. The molecule has 0 aliphatic carbocycles. The minimum atomic E-state index is -0.218. The van der Waals surface area contributed by atoms with E-state index in [-0.39, 0.29) is 5.91 Å². The molecular formula is C17H11ClN4OS. The first kappa shape index (κ1) is 14.9. The number of rotatable bonds is 3. The van der Waals surface area contributed by atoms with E-state index >= 15 is 0 Å². The summed E-state index contributed by atoms with van der Waals surface area (Å²) in [5, 5.41) is 1.49. The van der Waals surface area contributed by atoms with Crippen LogP contribution in [-0.4, -0.2) is 15.9 Å². The summed E-state index contributed by atoms with van der Waals surface area (Å²) >= 11 is 7.49. The Bertz CT molecular complexity index is 1060. The average Bonchev–Trinajstić information content (AvgIpc) is 3.06. The van der Waals surface area contributed by atoms with Crippen LogP contribution in [0.2, 0.25) is 5.02 Å². The smallest absolute Gasteiger partial charge is 0.269 e. The van der Waals surface area contributed by atoms with Crippen molar-refractivity contribution in [3.63, 3.8) is 0 Å². The van der Waals surface area contributed by atoms with Crippen LogP contribution in [0.3, 0.4) is 0 Å². The summed E-state index contributed by atoms with van der Waals surface area (Å²) in [6.45, 7) is 0. The molecule has 0 saturated heterocycles. The highest BCUT2D eigenvalue weighted by Gasteiger charge is 2.08. The van der Waals surface area contributed by atoms with Gasteiger partial charge in [-0.25, -0.2) is 4.98 Å². The third kappa shape index (κ3) is 2.77. The normalized spacial score (nSPS) is 10.9. The quantitative estimate of drug-likeness (QED) is 0.539. The number of nitrogens with zero attached hydrogens (tertiary/aromatic N) is 2. The van der Waals surface area contributed by atoms with Crippen molar-refractivity contribution in [2.24, 2.45) is 0 Å². The Morgan fingerprint density at radius 1 is 1.04 bits per heavy atom. The van der Waals surface area contributed by atoms with Gasteiger partial charge in [0.25, 0.3) is 5.91 Å². The SMILES string of the molecule is O=C(NNc1ccnc2cc(Cl)ccc12)c1ccc2ncsc2c1. The molecule has 0 saturated carbocycles. The summed E-state index contributed by atoms with van der Waals surface area (Å²) in [7, 11) is 0. The molecule has 2 aromatic heterocycles. The number of carbonyl (C=O) groups is 1. The molecule has 1 amide bonds. The average molecular weight is 355 g/mol. The van der Waals surface area contributed by atoms with Crippen molar-refractivity contribution in [2.75, 3.05) is 5.43 Å². The number of thiazole rings is 1. The first-order valence-electron chi connectivity index (χ1n) is 7.14. The van der Waals surface area contributed by atoms with Crippen LogP contribution in [-0.2, 0) is 0 Å². The van der Waals surface area contributed by atoms with Crippen LogP contribution in [0.4, 0.5) is 5.69 Å². The van der Waals surface area contributed by atoms with Crippen LogP contribution in [0, 0.1) is 0 Å². The van der Waals surface area contributed by atoms with Crippen molar-refractivity contribution in [2.45, 2.75) is 0 Å². The molecule has 0 spiro atoms. The van der Waals surface area contributed by atoms with E-state index in [1.165, 1.54) is 11.3 Å². The van der Waals surface area contributed by atoms with Crippen LogP contribution >= 0.6 is 22.9 Å². The molecule has 2 aromatic carbocycles. The Balaban J connectivity index is 1.57. The number of halogens is 1. The number of hydrazine groups is 1. The fourth-order valence-corrected chi connectivity index (χ4v) is 3.31. The molecular weight excluding hydrogens is 344 g/mol. The molecule has 0 fully saturated rings. The molecule has 0 aliphatic rings. The molecule has 118 valence electrons. The second-order valence-electron chi connectivity index (χ2n) is 5.13. The highest BCUT2D eigenvalue weighted by atomic mass is 35.5. The molecule has 0 bridgehead atoms.